The van der Waals surface area contributed by atoms with E-state index in [0.29, 0.717) is 22.4 Å². The lowest BCUT2D eigenvalue weighted by Gasteiger charge is -2.09. The van der Waals surface area contributed by atoms with Crippen LogP contribution < -0.4 is 0 Å². The number of hydrogen-bond donors (Lipinski definition) is 0. The van der Waals surface area contributed by atoms with Crippen molar-refractivity contribution in [1.82, 2.24) is 0 Å². The highest BCUT2D eigenvalue weighted by molar-refractivity contribution is 6.36. The van der Waals surface area contributed by atoms with E-state index in [0.717, 1.165) is 6.42 Å². The minimum absolute atomic E-state index is 0.285. The summed E-state index contributed by atoms with van der Waals surface area (Å²) in [7, 11) is 0. The third-order valence-electron chi connectivity index (χ3n) is 3.82. The maximum absolute atomic E-state index is 12.0. The quantitative estimate of drug-likeness (QED) is 0.562. The maximum Gasteiger partial charge on any atom is 0.306 e. The Hall–Kier alpha value is -1.06. The second-order valence-electron chi connectivity index (χ2n) is 5.40. The third kappa shape index (κ3) is 5.01. The molecule has 0 heterocycles. The number of carbonyl (C=O) groups is 2. The van der Waals surface area contributed by atoms with Gasteiger partial charge in [-0.25, -0.2) is 0 Å². The van der Waals surface area contributed by atoms with Gasteiger partial charge in [-0.2, -0.15) is 0 Å². The minimum Gasteiger partial charge on any atom is -0.457 e. The highest BCUT2D eigenvalue weighted by Gasteiger charge is 2.18. The van der Waals surface area contributed by atoms with Crippen LogP contribution in [0.25, 0.3) is 0 Å². The SMILES string of the molecule is O=C(CCC1CCCC1)OCC(=O)c1cc(Cl)ccc1Cl. The number of hydrogen-bond acceptors (Lipinski definition) is 3. The van der Waals surface area contributed by atoms with Crippen LogP contribution in [0.1, 0.15) is 48.9 Å². The number of ether oxygens (including phenoxy) is 1. The monoisotopic (exact) mass is 328 g/mol. The number of ketones is 1. The summed E-state index contributed by atoms with van der Waals surface area (Å²) in [5.74, 6) is -0.0271. The predicted molar refractivity (Wildman–Crippen MR) is 82.9 cm³/mol. The van der Waals surface area contributed by atoms with Gasteiger partial charge >= 0.3 is 5.97 Å². The van der Waals surface area contributed by atoms with Gasteiger partial charge in [0, 0.05) is 17.0 Å². The molecule has 1 aliphatic carbocycles. The number of halogens is 2. The first-order valence-electron chi connectivity index (χ1n) is 7.20. The number of esters is 1. The van der Waals surface area contributed by atoms with Crippen LogP contribution in [0, 0.1) is 5.92 Å². The molecule has 0 saturated heterocycles. The van der Waals surface area contributed by atoms with E-state index in [1.54, 1.807) is 12.1 Å². The molecule has 0 aromatic heterocycles. The first kappa shape index (κ1) is 16.3. The normalized spacial score (nSPS) is 15.1. The number of carbonyl (C=O) groups excluding carboxylic acids is 2. The Balaban J connectivity index is 1.77. The summed E-state index contributed by atoms with van der Waals surface area (Å²) in [6.45, 7) is -0.288. The summed E-state index contributed by atoms with van der Waals surface area (Å²) in [5, 5.41) is 0.738. The highest BCUT2D eigenvalue weighted by Crippen LogP contribution is 2.28. The van der Waals surface area contributed by atoms with Crippen LogP contribution in [-0.2, 0) is 9.53 Å². The van der Waals surface area contributed by atoms with Gasteiger partial charge in [-0.3, -0.25) is 9.59 Å². The van der Waals surface area contributed by atoms with E-state index in [9.17, 15) is 9.59 Å². The molecule has 0 N–H and O–H groups in total. The number of Topliss-reactive ketones (excluding diaryl/α,β-unsaturated/α-hetero) is 1. The van der Waals surface area contributed by atoms with E-state index in [4.69, 9.17) is 27.9 Å². The summed E-state index contributed by atoms with van der Waals surface area (Å²) >= 11 is 11.8. The lowest BCUT2D eigenvalue weighted by Crippen LogP contribution is -2.15. The average Bonchev–Trinajstić information content (AvgIpc) is 2.98. The average molecular weight is 329 g/mol. The molecule has 1 aromatic rings. The standard InChI is InChI=1S/C16H18Cl2O3/c17-12-6-7-14(18)13(9-12)15(19)10-21-16(20)8-5-11-3-1-2-4-11/h6-7,9,11H,1-5,8,10H2. The van der Waals surface area contributed by atoms with Crippen molar-refractivity contribution in [2.75, 3.05) is 6.61 Å². The maximum atomic E-state index is 12.0. The van der Waals surface area contributed by atoms with Crippen molar-refractivity contribution in [3.05, 3.63) is 33.8 Å². The van der Waals surface area contributed by atoms with Crippen LogP contribution >= 0.6 is 23.2 Å². The van der Waals surface area contributed by atoms with Gasteiger partial charge < -0.3 is 4.74 Å². The van der Waals surface area contributed by atoms with Crippen LogP contribution in [-0.4, -0.2) is 18.4 Å². The van der Waals surface area contributed by atoms with Crippen molar-refractivity contribution in [3.63, 3.8) is 0 Å². The van der Waals surface area contributed by atoms with Crippen LogP contribution in [0.15, 0.2) is 18.2 Å². The lowest BCUT2D eigenvalue weighted by atomic mass is 10.0. The fourth-order valence-corrected chi connectivity index (χ4v) is 3.02. The van der Waals surface area contributed by atoms with Crippen molar-refractivity contribution >= 4 is 35.0 Å². The molecule has 21 heavy (non-hydrogen) atoms. The van der Waals surface area contributed by atoms with Gasteiger partial charge in [0.05, 0.1) is 5.02 Å². The predicted octanol–water partition coefficient (Wildman–Crippen LogP) is 4.69. The van der Waals surface area contributed by atoms with Crippen molar-refractivity contribution in [2.24, 2.45) is 5.92 Å². The van der Waals surface area contributed by atoms with E-state index in [2.05, 4.69) is 0 Å². The first-order chi connectivity index (χ1) is 10.1. The van der Waals surface area contributed by atoms with E-state index >= 15 is 0 Å². The summed E-state index contributed by atoms with van der Waals surface area (Å²) in [5.41, 5.74) is 0.285. The molecule has 5 heteroatoms. The zero-order valence-electron chi connectivity index (χ0n) is 11.7. The molecule has 114 valence electrons. The van der Waals surface area contributed by atoms with E-state index < -0.39 is 0 Å². The largest absolute Gasteiger partial charge is 0.457 e. The van der Waals surface area contributed by atoms with Crippen molar-refractivity contribution in [1.29, 1.82) is 0 Å². The summed E-state index contributed by atoms with van der Waals surface area (Å²) in [6, 6.07) is 4.64. The van der Waals surface area contributed by atoms with E-state index in [1.165, 1.54) is 31.7 Å². The fourth-order valence-electron chi connectivity index (χ4n) is 2.63. The lowest BCUT2D eigenvalue weighted by molar-refractivity contribution is -0.142. The Morgan fingerprint density at radius 1 is 1.19 bits per heavy atom. The fraction of sp³-hybridized carbons (Fsp3) is 0.500. The Morgan fingerprint density at radius 3 is 2.62 bits per heavy atom. The molecule has 0 spiro atoms. The van der Waals surface area contributed by atoms with E-state index in [1.807, 2.05) is 0 Å². The molecule has 3 nitrogen and oxygen atoms in total. The van der Waals surface area contributed by atoms with Crippen LogP contribution in [0.5, 0.6) is 0 Å². The van der Waals surface area contributed by atoms with Crippen LogP contribution in [0.2, 0.25) is 10.0 Å². The molecule has 1 aliphatic rings. The Labute approximate surface area is 134 Å². The molecule has 0 aliphatic heterocycles. The molecule has 0 radical (unpaired) electrons. The van der Waals surface area contributed by atoms with Crippen molar-refractivity contribution in [3.8, 4) is 0 Å². The van der Waals surface area contributed by atoms with Crippen LogP contribution in [0.4, 0.5) is 0 Å². The second kappa shape index (κ2) is 7.81. The van der Waals surface area contributed by atoms with Gasteiger partial charge in [-0.15, -0.1) is 0 Å². The van der Waals surface area contributed by atoms with Gasteiger partial charge in [-0.05, 0) is 30.5 Å². The van der Waals surface area contributed by atoms with Crippen molar-refractivity contribution < 1.29 is 14.3 Å². The molecule has 0 atom stereocenters. The zero-order valence-corrected chi connectivity index (χ0v) is 13.3. The van der Waals surface area contributed by atoms with Crippen LogP contribution in [0.3, 0.4) is 0 Å². The van der Waals surface area contributed by atoms with Crippen molar-refractivity contribution in [2.45, 2.75) is 38.5 Å². The van der Waals surface area contributed by atoms with Gasteiger partial charge in [-0.1, -0.05) is 48.9 Å². The third-order valence-corrected chi connectivity index (χ3v) is 4.39. The zero-order chi connectivity index (χ0) is 15.2. The molecule has 1 fully saturated rings. The highest BCUT2D eigenvalue weighted by atomic mass is 35.5. The number of benzene rings is 1. The summed E-state index contributed by atoms with van der Waals surface area (Å²) in [6.07, 6.45) is 6.14. The first-order valence-corrected chi connectivity index (χ1v) is 7.95. The smallest absolute Gasteiger partial charge is 0.306 e. The molecule has 0 unspecified atom stereocenters. The molecule has 1 saturated carbocycles. The van der Waals surface area contributed by atoms with Gasteiger partial charge in [0.15, 0.2) is 6.61 Å². The Morgan fingerprint density at radius 2 is 1.90 bits per heavy atom. The molecule has 1 aromatic carbocycles. The van der Waals surface area contributed by atoms with Gasteiger partial charge in [0.25, 0.3) is 0 Å². The number of rotatable bonds is 6. The summed E-state index contributed by atoms with van der Waals surface area (Å²) < 4.78 is 5.02. The molecule has 0 amide bonds. The second-order valence-corrected chi connectivity index (χ2v) is 6.24. The molecular weight excluding hydrogens is 311 g/mol. The van der Waals surface area contributed by atoms with Gasteiger partial charge in [0.1, 0.15) is 0 Å². The van der Waals surface area contributed by atoms with Gasteiger partial charge in [0.2, 0.25) is 5.78 Å². The van der Waals surface area contributed by atoms with E-state index in [-0.39, 0.29) is 23.9 Å². The Kier molecular flexibility index (Phi) is 6.07. The molecule has 0 bridgehead atoms. The Bertz CT molecular complexity index is 522. The molecular formula is C16H18Cl2O3. The molecule has 2 rings (SSSR count). The minimum atomic E-state index is -0.336. The summed E-state index contributed by atoms with van der Waals surface area (Å²) in [4.78, 5) is 23.6. The topological polar surface area (TPSA) is 43.4 Å².